The van der Waals surface area contributed by atoms with Gasteiger partial charge in [0.05, 0.1) is 13.7 Å². The highest BCUT2D eigenvalue weighted by Crippen LogP contribution is 2.27. The molecule has 0 bridgehead atoms. The van der Waals surface area contributed by atoms with Crippen LogP contribution in [0.25, 0.3) is 0 Å². The molecule has 0 radical (unpaired) electrons. The zero-order valence-corrected chi connectivity index (χ0v) is 13.4. The first kappa shape index (κ1) is 17.5. The van der Waals surface area contributed by atoms with Crippen molar-refractivity contribution in [1.82, 2.24) is 0 Å². The molecule has 0 unspecified atom stereocenters. The van der Waals surface area contributed by atoms with Gasteiger partial charge in [-0.3, -0.25) is 4.79 Å². The van der Waals surface area contributed by atoms with Gasteiger partial charge in [-0.1, -0.05) is 12.1 Å². The quantitative estimate of drug-likeness (QED) is 0.532. The van der Waals surface area contributed by atoms with Gasteiger partial charge in [-0.15, -0.1) is 0 Å². The van der Waals surface area contributed by atoms with Gasteiger partial charge in [-0.25, -0.2) is 0 Å². The third kappa shape index (κ3) is 4.81. The third-order valence-electron chi connectivity index (χ3n) is 3.56. The molecule has 0 aliphatic heterocycles. The number of esters is 1. The maximum Gasteiger partial charge on any atom is 0.306 e. The van der Waals surface area contributed by atoms with Crippen LogP contribution in [0, 0.1) is 0 Å². The number of benzene rings is 2. The van der Waals surface area contributed by atoms with E-state index in [1.165, 1.54) is 25.3 Å². The molecular formula is C18H20O6. The molecule has 6 heteroatoms. The van der Waals surface area contributed by atoms with Crippen molar-refractivity contribution in [2.45, 2.75) is 19.3 Å². The summed E-state index contributed by atoms with van der Waals surface area (Å²) in [6.07, 6.45) is 1.15. The second-order valence-corrected chi connectivity index (χ2v) is 5.30. The summed E-state index contributed by atoms with van der Waals surface area (Å²) in [5.41, 5.74) is 1.63. The lowest BCUT2D eigenvalue weighted by Crippen LogP contribution is -2.08. The van der Waals surface area contributed by atoms with Gasteiger partial charge in [0.15, 0.2) is 23.0 Å². The molecule has 0 amide bonds. The second-order valence-electron chi connectivity index (χ2n) is 5.30. The van der Waals surface area contributed by atoms with Crippen molar-refractivity contribution >= 4 is 5.97 Å². The first-order chi connectivity index (χ1) is 11.5. The maximum atomic E-state index is 11.8. The standard InChI is InChI=1S/C18H20O6/c1-23-17-11-12(3-6-15(17)20)4-7-18(22)24-9-8-13-2-5-14(19)16(21)10-13/h2-3,5-6,10-11,19-21H,4,7-9H2,1H3. The van der Waals surface area contributed by atoms with E-state index in [0.29, 0.717) is 18.6 Å². The molecule has 2 rings (SSSR count). The number of rotatable bonds is 7. The molecule has 0 fully saturated rings. The second kappa shape index (κ2) is 8.10. The van der Waals surface area contributed by atoms with Crippen LogP contribution in [-0.4, -0.2) is 35.0 Å². The molecule has 3 N–H and O–H groups in total. The Labute approximate surface area is 139 Å². The number of ether oxygens (including phenoxy) is 2. The Morgan fingerprint density at radius 1 is 0.917 bits per heavy atom. The van der Waals surface area contributed by atoms with E-state index in [1.54, 1.807) is 18.2 Å². The Hall–Kier alpha value is -2.89. The molecule has 0 aromatic heterocycles. The molecule has 128 valence electrons. The van der Waals surface area contributed by atoms with Crippen molar-refractivity contribution in [1.29, 1.82) is 0 Å². The Morgan fingerprint density at radius 2 is 1.58 bits per heavy atom. The fourth-order valence-corrected chi connectivity index (χ4v) is 2.20. The lowest BCUT2D eigenvalue weighted by atomic mass is 10.1. The topological polar surface area (TPSA) is 96.2 Å². The number of carbonyl (C=O) groups excluding carboxylic acids is 1. The Kier molecular flexibility index (Phi) is 5.89. The van der Waals surface area contributed by atoms with Crippen molar-refractivity contribution in [2.75, 3.05) is 13.7 Å². The van der Waals surface area contributed by atoms with Crippen molar-refractivity contribution in [3.8, 4) is 23.0 Å². The van der Waals surface area contributed by atoms with E-state index < -0.39 is 0 Å². The smallest absolute Gasteiger partial charge is 0.306 e. The number of methoxy groups -OCH3 is 1. The summed E-state index contributed by atoms with van der Waals surface area (Å²) in [6.45, 7) is 0.196. The van der Waals surface area contributed by atoms with Crippen LogP contribution in [0.4, 0.5) is 0 Å². The average Bonchev–Trinajstić information content (AvgIpc) is 2.57. The fraction of sp³-hybridized carbons (Fsp3) is 0.278. The maximum absolute atomic E-state index is 11.8. The van der Waals surface area contributed by atoms with Gasteiger partial charge < -0.3 is 24.8 Å². The molecule has 0 saturated heterocycles. The molecule has 2 aromatic rings. The zero-order chi connectivity index (χ0) is 17.5. The predicted molar refractivity (Wildman–Crippen MR) is 87.4 cm³/mol. The number of hydrogen-bond donors (Lipinski definition) is 3. The largest absolute Gasteiger partial charge is 0.504 e. The van der Waals surface area contributed by atoms with Crippen LogP contribution >= 0.6 is 0 Å². The Bertz CT molecular complexity index is 711. The monoisotopic (exact) mass is 332 g/mol. The number of aryl methyl sites for hydroxylation is 1. The number of phenols is 3. The number of aromatic hydroxyl groups is 3. The molecule has 0 spiro atoms. The summed E-state index contributed by atoms with van der Waals surface area (Å²) >= 11 is 0. The van der Waals surface area contributed by atoms with Gasteiger partial charge in [0.25, 0.3) is 0 Å². The highest BCUT2D eigenvalue weighted by molar-refractivity contribution is 5.69. The Balaban J connectivity index is 1.76. The summed E-state index contributed by atoms with van der Waals surface area (Å²) in [4.78, 5) is 11.8. The minimum atomic E-state index is -0.329. The van der Waals surface area contributed by atoms with Gasteiger partial charge in [-0.05, 0) is 41.8 Å². The van der Waals surface area contributed by atoms with E-state index in [4.69, 9.17) is 9.47 Å². The highest BCUT2D eigenvalue weighted by Gasteiger charge is 2.07. The lowest BCUT2D eigenvalue weighted by Gasteiger charge is -2.08. The molecule has 6 nitrogen and oxygen atoms in total. The molecule has 24 heavy (non-hydrogen) atoms. The molecule has 2 aromatic carbocycles. The third-order valence-corrected chi connectivity index (χ3v) is 3.56. The van der Waals surface area contributed by atoms with E-state index in [-0.39, 0.29) is 36.2 Å². The van der Waals surface area contributed by atoms with Crippen molar-refractivity contribution < 1.29 is 29.6 Å². The van der Waals surface area contributed by atoms with Gasteiger partial charge in [0, 0.05) is 12.8 Å². The van der Waals surface area contributed by atoms with Crippen molar-refractivity contribution in [3.63, 3.8) is 0 Å². The SMILES string of the molecule is COc1cc(CCC(=O)OCCc2ccc(O)c(O)c2)ccc1O. The van der Waals surface area contributed by atoms with Gasteiger partial charge in [-0.2, -0.15) is 0 Å². The predicted octanol–water partition coefficient (Wildman–Crippen LogP) is 2.53. The number of phenolic OH excluding ortho intramolecular Hbond substituents is 3. The lowest BCUT2D eigenvalue weighted by molar-refractivity contribution is -0.143. The summed E-state index contributed by atoms with van der Waals surface area (Å²) in [5, 5.41) is 28.1. The van der Waals surface area contributed by atoms with Crippen molar-refractivity contribution in [3.05, 3.63) is 47.5 Å². The first-order valence-electron chi connectivity index (χ1n) is 7.52. The fourth-order valence-electron chi connectivity index (χ4n) is 2.20. The summed E-state index contributed by atoms with van der Waals surface area (Å²) < 4.78 is 10.2. The van der Waals surface area contributed by atoms with E-state index in [1.807, 2.05) is 0 Å². The first-order valence-corrected chi connectivity index (χ1v) is 7.52. The van der Waals surface area contributed by atoms with E-state index >= 15 is 0 Å². The minimum Gasteiger partial charge on any atom is -0.504 e. The molecule has 0 aliphatic rings. The van der Waals surface area contributed by atoms with Crippen LogP contribution in [-0.2, 0) is 22.4 Å². The minimum absolute atomic E-state index is 0.0565. The van der Waals surface area contributed by atoms with Gasteiger partial charge in [0.1, 0.15) is 0 Å². The molecule has 0 heterocycles. The summed E-state index contributed by atoms with van der Waals surface area (Å²) in [6, 6.07) is 9.42. The molecule has 0 aliphatic carbocycles. The van der Waals surface area contributed by atoms with Crippen molar-refractivity contribution in [2.24, 2.45) is 0 Å². The van der Waals surface area contributed by atoms with Crippen LogP contribution in [0.3, 0.4) is 0 Å². The normalized spacial score (nSPS) is 10.4. The summed E-state index contributed by atoms with van der Waals surface area (Å²) in [5.74, 6) is -0.279. The van der Waals surface area contributed by atoms with E-state index in [2.05, 4.69) is 0 Å². The van der Waals surface area contributed by atoms with Crippen LogP contribution in [0.5, 0.6) is 23.0 Å². The van der Waals surface area contributed by atoms with Crippen LogP contribution in [0.2, 0.25) is 0 Å². The van der Waals surface area contributed by atoms with E-state index in [9.17, 15) is 20.1 Å². The molecular weight excluding hydrogens is 312 g/mol. The number of hydrogen-bond acceptors (Lipinski definition) is 6. The van der Waals surface area contributed by atoms with Gasteiger partial charge >= 0.3 is 5.97 Å². The van der Waals surface area contributed by atoms with Crippen LogP contribution in [0.1, 0.15) is 17.5 Å². The average molecular weight is 332 g/mol. The number of carbonyl (C=O) groups is 1. The zero-order valence-electron chi connectivity index (χ0n) is 13.4. The Morgan fingerprint density at radius 3 is 2.25 bits per heavy atom. The summed E-state index contributed by atoms with van der Waals surface area (Å²) in [7, 11) is 1.47. The molecule has 0 saturated carbocycles. The van der Waals surface area contributed by atoms with Crippen LogP contribution < -0.4 is 4.74 Å². The highest BCUT2D eigenvalue weighted by atomic mass is 16.5. The van der Waals surface area contributed by atoms with Gasteiger partial charge in [0.2, 0.25) is 0 Å². The van der Waals surface area contributed by atoms with Crippen LogP contribution in [0.15, 0.2) is 36.4 Å². The molecule has 0 atom stereocenters. The van der Waals surface area contributed by atoms with E-state index in [0.717, 1.165) is 11.1 Å².